The van der Waals surface area contributed by atoms with Crippen LogP contribution in [0.15, 0.2) is 18.2 Å². The summed E-state index contributed by atoms with van der Waals surface area (Å²) in [6, 6.07) is 6.09. The van der Waals surface area contributed by atoms with Gasteiger partial charge in [0.2, 0.25) is 0 Å². The van der Waals surface area contributed by atoms with E-state index >= 15 is 0 Å². The van der Waals surface area contributed by atoms with Crippen molar-refractivity contribution >= 4 is 0 Å². The van der Waals surface area contributed by atoms with Crippen LogP contribution in [0.4, 0.5) is 0 Å². The second-order valence-corrected chi connectivity index (χ2v) is 8.20. The number of unbranched alkanes of at least 4 members (excludes halogenated alkanes) is 3. The van der Waals surface area contributed by atoms with E-state index in [1.807, 2.05) is 12.1 Å². The van der Waals surface area contributed by atoms with Gasteiger partial charge >= 0.3 is 0 Å². The molecule has 1 aromatic carbocycles. The molecule has 0 heterocycles. The quantitative estimate of drug-likeness (QED) is 0.416. The SMILES string of the molecule is CCC[C@@](N)(CO)CCc1ccc(OCCCCCCC(C)C)c(OC)c1. The van der Waals surface area contributed by atoms with E-state index in [0.29, 0.717) is 0 Å². The smallest absolute Gasteiger partial charge is 0.161 e. The van der Waals surface area contributed by atoms with E-state index in [0.717, 1.165) is 61.7 Å². The minimum atomic E-state index is -0.493. The molecule has 0 amide bonds. The van der Waals surface area contributed by atoms with Gasteiger partial charge in [0.25, 0.3) is 0 Å². The highest BCUT2D eigenvalue weighted by atomic mass is 16.5. The summed E-state index contributed by atoms with van der Waals surface area (Å²) in [5.74, 6) is 2.38. The third-order valence-corrected chi connectivity index (χ3v) is 5.14. The van der Waals surface area contributed by atoms with Gasteiger partial charge in [0.05, 0.1) is 20.3 Å². The molecule has 0 unspecified atom stereocenters. The van der Waals surface area contributed by atoms with Crippen molar-refractivity contribution < 1.29 is 14.6 Å². The number of rotatable bonds is 15. The van der Waals surface area contributed by atoms with Crippen molar-refractivity contribution in [1.82, 2.24) is 0 Å². The molecule has 0 bridgehead atoms. The Morgan fingerprint density at radius 3 is 2.44 bits per heavy atom. The molecular formula is C23H41NO3. The maximum absolute atomic E-state index is 9.57. The predicted molar refractivity (Wildman–Crippen MR) is 114 cm³/mol. The second-order valence-electron chi connectivity index (χ2n) is 8.20. The molecule has 4 heteroatoms. The van der Waals surface area contributed by atoms with Crippen LogP contribution in [-0.2, 0) is 6.42 Å². The first-order valence-corrected chi connectivity index (χ1v) is 10.6. The molecule has 1 aromatic rings. The maximum atomic E-state index is 9.57. The number of benzene rings is 1. The number of methoxy groups -OCH3 is 1. The highest BCUT2D eigenvalue weighted by Crippen LogP contribution is 2.29. The fraction of sp³-hybridized carbons (Fsp3) is 0.739. The lowest BCUT2D eigenvalue weighted by Gasteiger charge is -2.26. The van der Waals surface area contributed by atoms with Crippen LogP contribution in [0, 0.1) is 5.92 Å². The van der Waals surface area contributed by atoms with Crippen molar-refractivity contribution in [2.45, 2.75) is 84.1 Å². The zero-order valence-electron chi connectivity index (χ0n) is 17.9. The monoisotopic (exact) mass is 379 g/mol. The minimum absolute atomic E-state index is 0.0241. The normalized spacial score (nSPS) is 13.6. The summed E-state index contributed by atoms with van der Waals surface area (Å²) in [5, 5.41) is 9.57. The zero-order valence-corrected chi connectivity index (χ0v) is 17.9. The Kier molecular flexibility index (Phi) is 11.5. The van der Waals surface area contributed by atoms with E-state index in [4.69, 9.17) is 15.2 Å². The van der Waals surface area contributed by atoms with E-state index in [2.05, 4.69) is 26.8 Å². The highest BCUT2D eigenvalue weighted by Gasteiger charge is 2.22. The number of nitrogens with two attached hydrogens (primary N) is 1. The fourth-order valence-corrected chi connectivity index (χ4v) is 3.35. The van der Waals surface area contributed by atoms with Gasteiger partial charge in [-0.25, -0.2) is 0 Å². The Morgan fingerprint density at radius 2 is 1.81 bits per heavy atom. The van der Waals surface area contributed by atoms with Gasteiger partial charge in [0.15, 0.2) is 11.5 Å². The molecule has 156 valence electrons. The molecule has 0 aliphatic heterocycles. The minimum Gasteiger partial charge on any atom is -0.493 e. The second kappa shape index (κ2) is 13.0. The van der Waals surface area contributed by atoms with Gasteiger partial charge in [-0.2, -0.15) is 0 Å². The van der Waals surface area contributed by atoms with Gasteiger partial charge in [0.1, 0.15) is 0 Å². The third-order valence-electron chi connectivity index (χ3n) is 5.14. The van der Waals surface area contributed by atoms with E-state index in [1.54, 1.807) is 7.11 Å². The molecule has 3 N–H and O–H groups in total. The Balaban J connectivity index is 2.45. The van der Waals surface area contributed by atoms with E-state index in [9.17, 15) is 5.11 Å². The average molecular weight is 380 g/mol. The summed E-state index contributed by atoms with van der Waals surface area (Å²) in [5.41, 5.74) is 6.95. The largest absolute Gasteiger partial charge is 0.493 e. The fourth-order valence-electron chi connectivity index (χ4n) is 3.35. The van der Waals surface area contributed by atoms with Gasteiger partial charge in [0, 0.05) is 5.54 Å². The number of aryl methyl sites for hydroxylation is 1. The van der Waals surface area contributed by atoms with Crippen LogP contribution in [0.2, 0.25) is 0 Å². The Labute approximate surface area is 166 Å². The van der Waals surface area contributed by atoms with Crippen LogP contribution in [0.25, 0.3) is 0 Å². The summed E-state index contributed by atoms with van der Waals surface area (Å²) in [4.78, 5) is 0. The molecule has 1 rings (SSSR count). The molecule has 0 fully saturated rings. The lowest BCUT2D eigenvalue weighted by molar-refractivity contribution is 0.177. The summed E-state index contributed by atoms with van der Waals surface area (Å²) < 4.78 is 11.4. The number of hydrogen-bond donors (Lipinski definition) is 2. The summed E-state index contributed by atoms with van der Waals surface area (Å²) >= 11 is 0. The van der Waals surface area contributed by atoms with Crippen LogP contribution in [0.5, 0.6) is 11.5 Å². The number of aliphatic hydroxyl groups excluding tert-OH is 1. The van der Waals surface area contributed by atoms with E-state index in [-0.39, 0.29) is 6.61 Å². The van der Waals surface area contributed by atoms with Crippen molar-refractivity contribution in [2.75, 3.05) is 20.3 Å². The molecule has 0 aromatic heterocycles. The van der Waals surface area contributed by atoms with Crippen molar-refractivity contribution in [3.8, 4) is 11.5 Å². The molecule has 27 heavy (non-hydrogen) atoms. The van der Waals surface area contributed by atoms with Crippen molar-refractivity contribution in [2.24, 2.45) is 11.7 Å². The van der Waals surface area contributed by atoms with Gasteiger partial charge in [-0.3, -0.25) is 0 Å². The van der Waals surface area contributed by atoms with Crippen LogP contribution >= 0.6 is 0 Å². The number of aliphatic hydroxyl groups is 1. The van der Waals surface area contributed by atoms with Gasteiger partial charge in [-0.05, 0) is 49.3 Å². The third kappa shape index (κ3) is 9.48. The first-order valence-electron chi connectivity index (χ1n) is 10.6. The molecular weight excluding hydrogens is 338 g/mol. The van der Waals surface area contributed by atoms with Gasteiger partial charge < -0.3 is 20.3 Å². The lowest BCUT2D eigenvalue weighted by Crippen LogP contribution is -2.43. The standard InChI is InChI=1S/C23H41NO3/c1-5-14-23(24,18-25)15-13-20-11-12-21(22(17-20)26-4)27-16-9-7-6-8-10-19(2)3/h11-12,17,19,25H,5-10,13-16,18,24H2,1-4H3/t23-/m0/s1. The zero-order chi connectivity index (χ0) is 20.1. The Morgan fingerprint density at radius 1 is 1.07 bits per heavy atom. The van der Waals surface area contributed by atoms with Gasteiger partial charge in [-0.1, -0.05) is 58.9 Å². The molecule has 0 aliphatic carbocycles. The number of hydrogen-bond acceptors (Lipinski definition) is 4. The molecule has 4 nitrogen and oxygen atoms in total. The van der Waals surface area contributed by atoms with Crippen LogP contribution in [0.3, 0.4) is 0 Å². The first kappa shape index (κ1) is 23.8. The van der Waals surface area contributed by atoms with Crippen molar-refractivity contribution in [3.63, 3.8) is 0 Å². The molecule has 0 spiro atoms. The first-order chi connectivity index (χ1) is 12.9. The highest BCUT2D eigenvalue weighted by molar-refractivity contribution is 5.43. The van der Waals surface area contributed by atoms with Crippen LogP contribution in [-0.4, -0.2) is 31.0 Å². The summed E-state index contributed by atoms with van der Waals surface area (Å²) in [6.45, 7) is 7.40. The average Bonchev–Trinajstić information content (AvgIpc) is 2.66. The van der Waals surface area contributed by atoms with E-state index in [1.165, 1.54) is 25.7 Å². The Hall–Kier alpha value is -1.26. The van der Waals surface area contributed by atoms with Gasteiger partial charge in [-0.15, -0.1) is 0 Å². The molecule has 0 aliphatic rings. The van der Waals surface area contributed by atoms with E-state index < -0.39 is 5.54 Å². The lowest BCUT2D eigenvalue weighted by atomic mass is 9.89. The Bertz CT molecular complexity index is 518. The molecule has 1 atom stereocenters. The number of ether oxygens (including phenoxy) is 2. The topological polar surface area (TPSA) is 64.7 Å². The molecule has 0 radical (unpaired) electrons. The maximum Gasteiger partial charge on any atom is 0.161 e. The van der Waals surface area contributed by atoms with Crippen LogP contribution in [0.1, 0.15) is 77.7 Å². The predicted octanol–water partition coefficient (Wildman–Crippen LogP) is 5.10. The van der Waals surface area contributed by atoms with Crippen LogP contribution < -0.4 is 15.2 Å². The summed E-state index contributed by atoms with van der Waals surface area (Å²) in [6.07, 6.45) is 9.58. The molecule has 0 saturated carbocycles. The van der Waals surface area contributed by atoms with Crippen molar-refractivity contribution in [3.05, 3.63) is 23.8 Å². The summed E-state index contributed by atoms with van der Waals surface area (Å²) in [7, 11) is 1.68. The molecule has 0 saturated heterocycles. The van der Waals surface area contributed by atoms with Crippen molar-refractivity contribution in [1.29, 1.82) is 0 Å².